The highest BCUT2D eigenvalue weighted by Crippen LogP contribution is 2.28. The van der Waals surface area contributed by atoms with Crippen molar-refractivity contribution in [3.05, 3.63) is 88.9 Å². The molecule has 1 N–H and O–H groups in total. The van der Waals surface area contributed by atoms with Gasteiger partial charge in [-0.2, -0.15) is 0 Å². The van der Waals surface area contributed by atoms with Gasteiger partial charge >= 0.3 is 0 Å². The van der Waals surface area contributed by atoms with Gasteiger partial charge in [0, 0.05) is 18.1 Å². The molecule has 0 aliphatic rings. The molecule has 8 nitrogen and oxygen atoms in total. The molecule has 0 fully saturated rings. The van der Waals surface area contributed by atoms with Crippen LogP contribution in [0.2, 0.25) is 5.02 Å². The average molecular weight is 558 g/mol. The van der Waals surface area contributed by atoms with Crippen LogP contribution in [0.25, 0.3) is 0 Å². The lowest BCUT2D eigenvalue weighted by Crippen LogP contribution is -2.51. The minimum atomic E-state index is -4.19. The highest BCUT2D eigenvalue weighted by molar-refractivity contribution is 7.92. The Bertz CT molecular complexity index is 1360. The van der Waals surface area contributed by atoms with Crippen molar-refractivity contribution in [1.29, 1.82) is 0 Å². The van der Waals surface area contributed by atoms with Gasteiger partial charge in [0.05, 0.1) is 17.7 Å². The molecule has 0 unspecified atom stereocenters. The zero-order valence-corrected chi connectivity index (χ0v) is 23.4. The third-order valence-corrected chi connectivity index (χ3v) is 8.04. The number of rotatable bonds is 11. The van der Waals surface area contributed by atoms with Crippen molar-refractivity contribution in [2.24, 2.45) is 0 Å². The van der Waals surface area contributed by atoms with Crippen LogP contribution >= 0.6 is 11.6 Å². The predicted octanol–water partition coefficient (Wildman–Crippen LogP) is 4.41. The molecule has 3 aromatic carbocycles. The van der Waals surface area contributed by atoms with Gasteiger partial charge in [-0.3, -0.25) is 13.9 Å². The van der Waals surface area contributed by atoms with Gasteiger partial charge in [-0.1, -0.05) is 47.5 Å². The van der Waals surface area contributed by atoms with Crippen molar-refractivity contribution >= 4 is 39.1 Å². The first-order valence-corrected chi connectivity index (χ1v) is 13.9. The summed E-state index contributed by atoms with van der Waals surface area (Å²) in [4.78, 5) is 27.9. The normalized spacial score (nSPS) is 11.9. The summed E-state index contributed by atoms with van der Waals surface area (Å²) in [6.07, 6.45) is 0. The summed E-state index contributed by atoms with van der Waals surface area (Å²) in [5.74, 6) is -0.379. The number of hydrogen-bond acceptors (Lipinski definition) is 5. The largest absolute Gasteiger partial charge is 0.497 e. The van der Waals surface area contributed by atoms with Crippen LogP contribution in [0, 0.1) is 6.92 Å². The number of anilines is 1. The molecule has 38 heavy (non-hydrogen) atoms. The van der Waals surface area contributed by atoms with E-state index < -0.39 is 28.5 Å². The Morgan fingerprint density at radius 2 is 1.68 bits per heavy atom. The van der Waals surface area contributed by atoms with Crippen molar-refractivity contribution < 1.29 is 22.7 Å². The van der Waals surface area contributed by atoms with E-state index in [1.807, 2.05) is 31.2 Å². The van der Waals surface area contributed by atoms with Crippen molar-refractivity contribution in [3.8, 4) is 5.75 Å². The molecule has 0 spiro atoms. The molecule has 2 amide bonds. The third-order valence-electron chi connectivity index (χ3n) is 6.01. The zero-order valence-electron chi connectivity index (χ0n) is 21.8. The number of hydrogen-bond donors (Lipinski definition) is 1. The highest BCUT2D eigenvalue weighted by atomic mass is 35.5. The molecule has 0 radical (unpaired) electrons. The average Bonchev–Trinajstić information content (AvgIpc) is 2.91. The third kappa shape index (κ3) is 7.05. The number of likely N-dealkylation sites (N-methyl/N-ethyl adjacent to an activating group) is 1. The van der Waals surface area contributed by atoms with Gasteiger partial charge in [0.2, 0.25) is 11.8 Å². The summed E-state index contributed by atoms with van der Waals surface area (Å²) in [5, 5.41) is 3.06. The number of amides is 2. The van der Waals surface area contributed by atoms with E-state index >= 15 is 0 Å². The van der Waals surface area contributed by atoms with Crippen LogP contribution in [0.4, 0.5) is 5.69 Å². The first-order chi connectivity index (χ1) is 18.1. The fourth-order valence-electron chi connectivity index (χ4n) is 3.83. The molecule has 0 saturated carbocycles. The number of nitrogens with one attached hydrogen (secondary N) is 1. The molecule has 0 bridgehead atoms. The van der Waals surface area contributed by atoms with E-state index in [1.54, 1.807) is 32.0 Å². The second-order valence-electron chi connectivity index (χ2n) is 8.74. The maximum absolute atomic E-state index is 13.8. The first kappa shape index (κ1) is 29.0. The van der Waals surface area contributed by atoms with Crippen molar-refractivity contribution in [2.45, 2.75) is 38.3 Å². The molecular weight excluding hydrogens is 526 g/mol. The summed E-state index contributed by atoms with van der Waals surface area (Å²) in [7, 11) is -2.70. The van der Waals surface area contributed by atoms with Gasteiger partial charge in [-0.15, -0.1) is 0 Å². The lowest BCUT2D eigenvalue weighted by Gasteiger charge is -2.32. The standard InChI is InChI=1S/C28H32ClN3O5S/c1-5-30-28(34)21(3)31(18-22-11-9-20(2)10-12-22)27(33)19-32(24-8-6-7-23(29)17-24)38(35,36)26-15-13-25(37-4)14-16-26/h6-17,21H,5,18-19H2,1-4H3,(H,30,34)/t21-/m1/s1. The number of methoxy groups -OCH3 is 1. The molecule has 1 atom stereocenters. The number of aryl methyl sites for hydroxylation is 1. The summed E-state index contributed by atoms with van der Waals surface area (Å²) in [6.45, 7) is 5.36. The molecule has 0 heterocycles. The second-order valence-corrected chi connectivity index (χ2v) is 11.0. The number of carbonyl (C=O) groups is 2. The highest BCUT2D eigenvalue weighted by Gasteiger charge is 2.32. The Kier molecular flexibility index (Phi) is 9.77. The van der Waals surface area contributed by atoms with E-state index in [0.29, 0.717) is 17.3 Å². The molecule has 0 aliphatic carbocycles. The van der Waals surface area contributed by atoms with Gasteiger partial charge in [-0.05, 0) is 68.8 Å². The van der Waals surface area contributed by atoms with Crippen LogP contribution in [-0.2, 0) is 26.2 Å². The number of ether oxygens (including phenoxy) is 1. The lowest BCUT2D eigenvalue weighted by atomic mass is 10.1. The lowest BCUT2D eigenvalue weighted by molar-refractivity contribution is -0.139. The number of sulfonamides is 1. The van der Waals surface area contributed by atoms with Crippen molar-refractivity contribution in [2.75, 3.05) is 24.5 Å². The van der Waals surface area contributed by atoms with Crippen LogP contribution in [0.5, 0.6) is 5.75 Å². The Balaban J connectivity index is 2.02. The Hall–Kier alpha value is -3.56. The Morgan fingerprint density at radius 3 is 2.26 bits per heavy atom. The Labute approximate surface area is 229 Å². The molecule has 10 heteroatoms. The van der Waals surface area contributed by atoms with E-state index in [-0.39, 0.29) is 23.0 Å². The molecule has 3 aromatic rings. The molecule has 0 aromatic heterocycles. The van der Waals surface area contributed by atoms with E-state index in [1.165, 1.54) is 42.3 Å². The van der Waals surface area contributed by atoms with Gasteiger partial charge in [0.25, 0.3) is 10.0 Å². The fraction of sp³-hybridized carbons (Fsp3) is 0.286. The molecular formula is C28H32ClN3O5S. The maximum Gasteiger partial charge on any atom is 0.264 e. The molecule has 0 saturated heterocycles. The van der Waals surface area contributed by atoms with Crippen LogP contribution in [0.1, 0.15) is 25.0 Å². The number of halogens is 1. The van der Waals surface area contributed by atoms with E-state index in [2.05, 4.69) is 5.32 Å². The van der Waals surface area contributed by atoms with Crippen LogP contribution in [-0.4, -0.2) is 51.4 Å². The molecule has 202 valence electrons. The first-order valence-electron chi connectivity index (χ1n) is 12.1. The predicted molar refractivity (Wildman–Crippen MR) is 149 cm³/mol. The number of carbonyl (C=O) groups excluding carboxylic acids is 2. The molecule has 0 aliphatic heterocycles. The van der Waals surface area contributed by atoms with E-state index in [4.69, 9.17) is 16.3 Å². The van der Waals surface area contributed by atoms with Gasteiger partial charge in [-0.25, -0.2) is 8.42 Å². The fourth-order valence-corrected chi connectivity index (χ4v) is 5.42. The van der Waals surface area contributed by atoms with Crippen molar-refractivity contribution in [1.82, 2.24) is 10.2 Å². The summed E-state index contributed by atoms with van der Waals surface area (Å²) in [6, 6.07) is 18.9. The van der Waals surface area contributed by atoms with E-state index in [0.717, 1.165) is 15.4 Å². The SMILES string of the molecule is CCNC(=O)[C@@H](C)N(Cc1ccc(C)cc1)C(=O)CN(c1cccc(Cl)c1)S(=O)(=O)c1ccc(OC)cc1. The van der Waals surface area contributed by atoms with E-state index in [9.17, 15) is 18.0 Å². The van der Waals surface area contributed by atoms with Crippen molar-refractivity contribution in [3.63, 3.8) is 0 Å². The second kappa shape index (κ2) is 12.8. The van der Waals surface area contributed by atoms with Crippen LogP contribution in [0.15, 0.2) is 77.7 Å². The Morgan fingerprint density at radius 1 is 1.03 bits per heavy atom. The van der Waals surface area contributed by atoms with Gasteiger partial charge in [0.1, 0.15) is 18.3 Å². The maximum atomic E-state index is 13.8. The van der Waals surface area contributed by atoms with Gasteiger partial charge in [0.15, 0.2) is 0 Å². The van der Waals surface area contributed by atoms with Crippen LogP contribution < -0.4 is 14.4 Å². The summed E-state index contributed by atoms with van der Waals surface area (Å²) < 4.78 is 33.7. The minimum absolute atomic E-state index is 0.0204. The smallest absolute Gasteiger partial charge is 0.264 e. The number of nitrogens with zero attached hydrogens (tertiary/aromatic N) is 2. The number of benzene rings is 3. The van der Waals surface area contributed by atoms with Crippen LogP contribution in [0.3, 0.4) is 0 Å². The quantitative estimate of drug-likeness (QED) is 0.377. The minimum Gasteiger partial charge on any atom is -0.497 e. The zero-order chi connectivity index (χ0) is 27.9. The summed E-state index contributed by atoms with van der Waals surface area (Å²) >= 11 is 6.18. The van der Waals surface area contributed by atoms with Gasteiger partial charge < -0.3 is 15.0 Å². The molecule has 3 rings (SSSR count). The summed E-state index contributed by atoms with van der Waals surface area (Å²) in [5.41, 5.74) is 2.09. The topological polar surface area (TPSA) is 96.0 Å². The monoisotopic (exact) mass is 557 g/mol.